The number of carbonyl (C=O) groups excluding carboxylic acids is 2. The van der Waals surface area contributed by atoms with E-state index in [0.29, 0.717) is 30.8 Å². The first-order chi connectivity index (χ1) is 16.8. The summed E-state index contributed by atoms with van der Waals surface area (Å²) >= 11 is 0. The van der Waals surface area contributed by atoms with Gasteiger partial charge in [-0.15, -0.1) is 0 Å². The summed E-state index contributed by atoms with van der Waals surface area (Å²) in [5.74, 6) is -0.316. The molecule has 0 bridgehead atoms. The van der Waals surface area contributed by atoms with Gasteiger partial charge < -0.3 is 15.2 Å². The van der Waals surface area contributed by atoms with Crippen molar-refractivity contribution >= 4 is 22.7 Å². The molecule has 0 fully saturated rings. The maximum Gasteiger partial charge on any atom is 0.270 e. The number of nitrogens with one attached hydrogen (secondary N) is 2. The number of hydrogen-bond acceptors (Lipinski definition) is 3. The van der Waals surface area contributed by atoms with Gasteiger partial charge in [-0.3, -0.25) is 9.59 Å². The van der Waals surface area contributed by atoms with Gasteiger partial charge in [-0.05, 0) is 74.1 Å². The molecule has 0 spiro atoms. The number of hydrogen-bond donors (Lipinski definition) is 2. The monoisotopic (exact) mass is 468 g/mol. The van der Waals surface area contributed by atoms with Crippen molar-refractivity contribution in [3.05, 3.63) is 101 Å². The average Bonchev–Trinajstić information content (AvgIpc) is 3.27. The van der Waals surface area contributed by atoms with E-state index in [1.807, 2.05) is 75.6 Å². The van der Waals surface area contributed by atoms with Crippen LogP contribution in [0.25, 0.3) is 10.9 Å². The number of aryl methyl sites for hydroxylation is 3. The molecule has 4 rings (SSSR count). The number of pyridine rings is 1. The van der Waals surface area contributed by atoms with E-state index >= 15 is 0 Å². The third kappa shape index (κ3) is 5.43. The van der Waals surface area contributed by atoms with E-state index in [2.05, 4.69) is 23.6 Å². The first kappa shape index (κ1) is 24.2. The zero-order valence-corrected chi connectivity index (χ0v) is 20.8. The van der Waals surface area contributed by atoms with Gasteiger partial charge in [0.15, 0.2) is 0 Å². The highest BCUT2D eigenvalue weighted by Crippen LogP contribution is 2.25. The Labute approximate surface area is 206 Å². The summed E-state index contributed by atoms with van der Waals surface area (Å²) < 4.78 is 1.79. The minimum absolute atomic E-state index is 0.125. The second kappa shape index (κ2) is 10.6. The second-order valence-electron chi connectivity index (χ2n) is 9.09. The van der Waals surface area contributed by atoms with E-state index in [1.165, 1.54) is 0 Å². The van der Waals surface area contributed by atoms with Crippen LogP contribution < -0.4 is 10.6 Å². The van der Waals surface area contributed by atoms with Gasteiger partial charge >= 0.3 is 0 Å². The molecule has 0 saturated heterocycles. The number of fused-ring (bicyclic) bond motifs is 1. The van der Waals surface area contributed by atoms with Crippen LogP contribution in [-0.2, 0) is 13.5 Å². The van der Waals surface area contributed by atoms with Crippen molar-refractivity contribution in [3.63, 3.8) is 0 Å². The topological polar surface area (TPSA) is 76.0 Å². The molecule has 2 heterocycles. The Balaban J connectivity index is 1.52. The van der Waals surface area contributed by atoms with Crippen molar-refractivity contribution in [2.24, 2.45) is 7.05 Å². The molecule has 2 aromatic carbocycles. The summed E-state index contributed by atoms with van der Waals surface area (Å²) in [4.78, 5) is 30.6. The Hall–Kier alpha value is -3.93. The molecule has 0 radical (unpaired) electrons. The normalized spacial score (nSPS) is 11.9. The predicted octanol–water partition coefficient (Wildman–Crippen LogP) is 4.66. The Kier molecular flexibility index (Phi) is 7.30. The van der Waals surface area contributed by atoms with Gasteiger partial charge in [-0.2, -0.15) is 0 Å². The molecule has 0 saturated carbocycles. The smallest absolute Gasteiger partial charge is 0.270 e. The largest absolute Gasteiger partial charge is 0.351 e. The maximum atomic E-state index is 13.4. The predicted molar refractivity (Wildman–Crippen MR) is 140 cm³/mol. The second-order valence-corrected chi connectivity index (χ2v) is 9.09. The zero-order chi connectivity index (χ0) is 24.9. The van der Waals surface area contributed by atoms with Crippen molar-refractivity contribution in [2.45, 2.75) is 39.7 Å². The fraction of sp³-hybridized carbons (Fsp3) is 0.276. The maximum absolute atomic E-state index is 13.4. The lowest BCUT2D eigenvalue weighted by Gasteiger charge is -2.21. The van der Waals surface area contributed by atoms with Gasteiger partial charge in [-0.1, -0.05) is 42.5 Å². The summed E-state index contributed by atoms with van der Waals surface area (Å²) in [7, 11) is 1.84. The molecule has 0 aliphatic carbocycles. The quantitative estimate of drug-likeness (QED) is 0.395. The molecule has 0 aliphatic heterocycles. The van der Waals surface area contributed by atoms with Crippen LogP contribution in [0.4, 0.5) is 0 Å². The van der Waals surface area contributed by atoms with Gasteiger partial charge in [0.05, 0.1) is 5.52 Å². The van der Waals surface area contributed by atoms with E-state index in [0.717, 1.165) is 33.2 Å². The Morgan fingerprint density at radius 3 is 2.40 bits per heavy atom. The number of carbonyl (C=O) groups is 2. The van der Waals surface area contributed by atoms with Crippen molar-refractivity contribution in [1.82, 2.24) is 20.2 Å². The van der Waals surface area contributed by atoms with Gasteiger partial charge in [0.2, 0.25) is 0 Å². The van der Waals surface area contributed by atoms with E-state index < -0.39 is 0 Å². The lowest BCUT2D eigenvalue weighted by molar-refractivity contribution is 0.0927. The highest BCUT2D eigenvalue weighted by Gasteiger charge is 2.20. The molecular formula is C29H32N4O2. The van der Waals surface area contributed by atoms with Crippen molar-refractivity contribution in [2.75, 3.05) is 6.54 Å². The summed E-state index contributed by atoms with van der Waals surface area (Å²) in [6.45, 7) is 6.51. The lowest BCUT2D eigenvalue weighted by atomic mass is 9.98. The van der Waals surface area contributed by atoms with Gasteiger partial charge in [0, 0.05) is 31.2 Å². The SMILES string of the molecule is Cc1c(C(=O)NC(CCNC(=O)c2cccn2C)Cc2ccccc2)nc2cccc(C)c2c1C. The molecule has 1 unspecified atom stereocenters. The van der Waals surface area contributed by atoms with Crippen molar-refractivity contribution in [3.8, 4) is 0 Å². The molecule has 180 valence electrons. The van der Waals surface area contributed by atoms with Crippen LogP contribution in [0.15, 0.2) is 66.9 Å². The minimum Gasteiger partial charge on any atom is -0.351 e. The first-order valence-corrected chi connectivity index (χ1v) is 12.0. The summed E-state index contributed by atoms with van der Waals surface area (Å²) in [6, 6.07) is 19.5. The molecule has 6 heteroatoms. The van der Waals surface area contributed by atoms with E-state index in [9.17, 15) is 9.59 Å². The molecule has 35 heavy (non-hydrogen) atoms. The number of benzene rings is 2. The fourth-order valence-corrected chi connectivity index (χ4v) is 4.55. The van der Waals surface area contributed by atoms with Crippen LogP contribution in [0.3, 0.4) is 0 Å². The standard InChI is InChI=1S/C29H32N4O2/c1-19-10-8-13-24-26(19)20(2)21(3)27(32-24)29(35)31-23(18-22-11-6-5-7-12-22)15-16-30-28(34)25-14-9-17-33(25)4/h5-14,17,23H,15-16,18H2,1-4H3,(H,30,34)(H,31,35). The Morgan fingerprint density at radius 1 is 0.914 bits per heavy atom. The third-order valence-corrected chi connectivity index (χ3v) is 6.61. The Morgan fingerprint density at radius 2 is 1.69 bits per heavy atom. The number of aromatic nitrogens is 2. The summed E-state index contributed by atoms with van der Waals surface area (Å²) in [5, 5.41) is 7.27. The molecular weight excluding hydrogens is 436 g/mol. The summed E-state index contributed by atoms with van der Waals surface area (Å²) in [6.07, 6.45) is 3.11. The molecule has 0 aliphatic rings. The molecule has 2 aromatic heterocycles. The van der Waals surface area contributed by atoms with Gasteiger partial charge in [-0.25, -0.2) is 4.98 Å². The third-order valence-electron chi connectivity index (χ3n) is 6.61. The van der Waals surface area contributed by atoms with Crippen LogP contribution in [0.1, 0.15) is 49.7 Å². The van der Waals surface area contributed by atoms with Crippen molar-refractivity contribution < 1.29 is 9.59 Å². The highest BCUT2D eigenvalue weighted by molar-refractivity contribution is 5.98. The van der Waals surface area contributed by atoms with Crippen LogP contribution in [-0.4, -0.2) is 34.0 Å². The van der Waals surface area contributed by atoms with Crippen LogP contribution in [0, 0.1) is 20.8 Å². The average molecular weight is 469 g/mol. The van der Waals surface area contributed by atoms with Crippen LogP contribution >= 0.6 is 0 Å². The first-order valence-electron chi connectivity index (χ1n) is 12.0. The van der Waals surface area contributed by atoms with E-state index in [1.54, 1.807) is 10.6 Å². The Bertz CT molecular complexity index is 1360. The number of amides is 2. The van der Waals surface area contributed by atoms with Gasteiger partial charge in [0.25, 0.3) is 11.8 Å². The van der Waals surface area contributed by atoms with Crippen molar-refractivity contribution in [1.29, 1.82) is 0 Å². The molecule has 6 nitrogen and oxygen atoms in total. The van der Waals surface area contributed by atoms with Crippen LogP contribution in [0.5, 0.6) is 0 Å². The molecule has 4 aromatic rings. The minimum atomic E-state index is -0.191. The van der Waals surface area contributed by atoms with E-state index in [4.69, 9.17) is 4.98 Å². The molecule has 2 N–H and O–H groups in total. The van der Waals surface area contributed by atoms with Gasteiger partial charge in [0.1, 0.15) is 11.4 Å². The lowest BCUT2D eigenvalue weighted by Crippen LogP contribution is -2.40. The summed E-state index contributed by atoms with van der Waals surface area (Å²) in [5.41, 5.74) is 6.13. The molecule has 1 atom stereocenters. The number of nitrogens with zero attached hydrogens (tertiary/aromatic N) is 2. The highest BCUT2D eigenvalue weighted by atomic mass is 16.2. The van der Waals surface area contributed by atoms with Crippen LogP contribution in [0.2, 0.25) is 0 Å². The van der Waals surface area contributed by atoms with E-state index in [-0.39, 0.29) is 17.9 Å². The molecule has 2 amide bonds. The fourth-order valence-electron chi connectivity index (χ4n) is 4.55. The zero-order valence-electron chi connectivity index (χ0n) is 20.8. The number of rotatable bonds is 8.